The molecule has 0 aliphatic heterocycles. The van der Waals surface area contributed by atoms with Gasteiger partial charge < -0.3 is 5.11 Å². The maximum atomic E-state index is 9.66. The van der Waals surface area contributed by atoms with E-state index >= 15 is 0 Å². The van der Waals surface area contributed by atoms with E-state index in [-0.39, 0.29) is 5.41 Å². The summed E-state index contributed by atoms with van der Waals surface area (Å²) in [5, 5.41) is 9.66. The van der Waals surface area contributed by atoms with E-state index in [0.717, 1.165) is 17.8 Å². The Balaban J connectivity index is 2.00. The van der Waals surface area contributed by atoms with E-state index in [2.05, 4.69) is 26.8 Å². The van der Waals surface area contributed by atoms with Crippen LogP contribution in [0.4, 0.5) is 0 Å². The molecule has 1 heteroatoms. The van der Waals surface area contributed by atoms with E-state index in [1.54, 1.807) is 5.57 Å². The van der Waals surface area contributed by atoms with Crippen LogP contribution in [0.1, 0.15) is 46.5 Å². The lowest BCUT2D eigenvalue weighted by Crippen LogP contribution is -2.37. The van der Waals surface area contributed by atoms with E-state index in [4.69, 9.17) is 0 Å². The third kappa shape index (κ3) is 1.06. The number of hydrogen-bond acceptors (Lipinski definition) is 1. The van der Waals surface area contributed by atoms with Gasteiger partial charge in [0.25, 0.3) is 0 Å². The molecule has 3 aliphatic rings. The first-order valence-corrected chi connectivity index (χ1v) is 6.85. The van der Waals surface area contributed by atoms with Crippen molar-refractivity contribution >= 4 is 0 Å². The largest absolute Gasteiger partial charge is 0.396 e. The topological polar surface area (TPSA) is 20.2 Å². The highest BCUT2D eigenvalue weighted by Gasteiger charge is 2.69. The first-order chi connectivity index (χ1) is 7.55. The third-order valence-electron chi connectivity index (χ3n) is 6.25. The Kier molecular flexibility index (Phi) is 2.12. The minimum Gasteiger partial charge on any atom is -0.396 e. The molecule has 0 unspecified atom stereocenters. The molecule has 2 saturated carbocycles. The molecule has 0 bridgehead atoms. The maximum absolute atomic E-state index is 9.66. The fraction of sp³-hybridized carbons (Fsp3) is 0.867. The van der Waals surface area contributed by atoms with Gasteiger partial charge in [-0.1, -0.05) is 32.4 Å². The Morgan fingerprint density at radius 2 is 2.19 bits per heavy atom. The average Bonchev–Trinajstić information content (AvgIpc) is 2.89. The molecule has 0 radical (unpaired) electrons. The van der Waals surface area contributed by atoms with Gasteiger partial charge in [0, 0.05) is 6.61 Å². The van der Waals surface area contributed by atoms with Gasteiger partial charge in [0.05, 0.1) is 0 Å². The predicted molar refractivity (Wildman–Crippen MR) is 66.0 cm³/mol. The fourth-order valence-electron chi connectivity index (χ4n) is 4.97. The molecule has 0 aromatic rings. The fourth-order valence-corrected chi connectivity index (χ4v) is 4.97. The highest BCUT2D eigenvalue weighted by atomic mass is 16.3. The Bertz CT molecular complexity index is 345. The molecular formula is C15H24O. The van der Waals surface area contributed by atoms with E-state index < -0.39 is 0 Å². The second-order valence-electron chi connectivity index (χ2n) is 6.79. The van der Waals surface area contributed by atoms with Crippen LogP contribution in [0.15, 0.2) is 11.6 Å². The van der Waals surface area contributed by atoms with Gasteiger partial charge in [-0.3, -0.25) is 0 Å². The Labute approximate surface area is 98.9 Å². The van der Waals surface area contributed by atoms with Crippen LogP contribution in [0.2, 0.25) is 0 Å². The summed E-state index contributed by atoms with van der Waals surface area (Å²) in [6, 6.07) is 0. The van der Waals surface area contributed by atoms with Gasteiger partial charge in [0.15, 0.2) is 0 Å². The van der Waals surface area contributed by atoms with Crippen LogP contribution in [-0.2, 0) is 0 Å². The molecule has 0 heterocycles. The van der Waals surface area contributed by atoms with Crippen LogP contribution in [-0.4, -0.2) is 11.7 Å². The maximum Gasteiger partial charge on any atom is 0.0490 e. The molecule has 2 fully saturated rings. The number of hydrogen-bond donors (Lipinski definition) is 1. The highest BCUT2D eigenvalue weighted by molar-refractivity contribution is 5.32. The molecule has 0 spiro atoms. The van der Waals surface area contributed by atoms with Gasteiger partial charge in [0.1, 0.15) is 0 Å². The van der Waals surface area contributed by atoms with E-state index in [1.807, 2.05) is 0 Å². The van der Waals surface area contributed by atoms with Crippen molar-refractivity contribution in [1.82, 2.24) is 0 Å². The Hall–Kier alpha value is -0.300. The minimum atomic E-state index is 0.221. The summed E-state index contributed by atoms with van der Waals surface area (Å²) < 4.78 is 0. The van der Waals surface area contributed by atoms with Crippen molar-refractivity contribution in [3.05, 3.63) is 11.6 Å². The average molecular weight is 220 g/mol. The summed E-state index contributed by atoms with van der Waals surface area (Å²) in [7, 11) is 0. The first kappa shape index (κ1) is 10.8. The third-order valence-corrected chi connectivity index (χ3v) is 6.25. The zero-order valence-corrected chi connectivity index (χ0v) is 10.8. The molecule has 5 atom stereocenters. The summed E-state index contributed by atoms with van der Waals surface area (Å²) in [5.41, 5.74) is 2.33. The summed E-state index contributed by atoms with van der Waals surface area (Å²) in [5.74, 6) is 2.31. The Morgan fingerprint density at radius 3 is 2.88 bits per heavy atom. The first-order valence-electron chi connectivity index (χ1n) is 6.85. The number of allylic oxidation sites excluding steroid dienone is 2. The predicted octanol–water partition coefficient (Wildman–Crippen LogP) is 3.39. The summed E-state index contributed by atoms with van der Waals surface area (Å²) in [4.78, 5) is 0. The quantitative estimate of drug-likeness (QED) is 0.672. The van der Waals surface area contributed by atoms with Crippen molar-refractivity contribution in [2.45, 2.75) is 46.5 Å². The van der Waals surface area contributed by atoms with Crippen LogP contribution in [0.5, 0.6) is 0 Å². The van der Waals surface area contributed by atoms with Crippen molar-refractivity contribution in [1.29, 1.82) is 0 Å². The summed E-state index contributed by atoms with van der Waals surface area (Å²) in [6.07, 6.45) is 7.79. The van der Waals surface area contributed by atoms with Gasteiger partial charge in [-0.25, -0.2) is 0 Å². The molecule has 0 aromatic heterocycles. The van der Waals surface area contributed by atoms with Crippen molar-refractivity contribution in [3.8, 4) is 0 Å². The monoisotopic (exact) mass is 220 g/mol. The number of rotatable bonds is 1. The molecule has 90 valence electrons. The summed E-state index contributed by atoms with van der Waals surface area (Å²) >= 11 is 0. The van der Waals surface area contributed by atoms with Gasteiger partial charge >= 0.3 is 0 Å². The van der Waals surface area contributed by atoms with Crippen LogP contribution >= 0.6 is 0 Å². The van der Waals surface area contributed by atoms with Crippen LogP contribution in [0.3, 0.4) is 0 Å². The smallest absolute Gasteiger partial charge is 0.0490 e. The van der Waals surface area contributed by atoms with Crippen molar-refractivity contribution in [2.24, 2.45) is 28.6 Å². The molecular weight excluding hydrogens is 196 g/mol. The van der Waals surface area contributed by atoms with Crippen molar-refractivity contribution in [3.63, 3.8) is 0 Å². The molecule has 0 amide bonds. The van der Waals surface area contributed by atoms with E-state index in [0.29, 0.717) is 12.0 Å². The second-order valence-corrected chi connectivity index (χ2v) is 6.79. The van der Waals surface area contributed by atoms with Crippen LogP contribution in [0.25, 0.3) is 0 Å². The lowest BCUT2D eigenvalue weighted by Gasteiger charge is -2.45. The molecule has 3 aliphatic carbocycles. The lowest BCUT2D eigenvalue weighted by molar-refractivity contribution is 0.118. The molecule has 1 N–H and O–H groups in total. The van der Waals surface area contributed by atoms with E-state index in [9.17, 15) is 5.11 Å². The molecule has 3 rings (SSSR count). The second kappa shape index (κ2) is 3.13. The van der Waals surface area contributed by atoms with E-state index in [1.165, 1.54) is 25.7 Å². The Morgan fingerprint density at radius 1 is 1.44 bits per heavy atom. The lowest BCUT2D eigenvalue weighted by atomic mass is 9.59. The number of aliphatic hydroxyl groups excluding tert-OH is 1. The molecule has 0 saturated heterocycles. The highest BCUT2D eigenvalue weighted by Crippen LogP contribution is 2.74. The van der Waals surface area contributed by atoms with Gasteiger partial charge in [-0.15, -0.1) is 0 Å². The normalized spacial score (nSPS) is 55.0. The van der Waals surface area contributed by atoms with Crippen LogP contribution < -0.4 is 0 Å². The molecule has 1 nitrogen and oxygen atoms in total. The minimum absolute atomic E-state index is 0.221. The standard InChI is InChI=1S/C15H24O/c1-10-5-4-6-11-7-8-12-13(15(10,11)3)14(12,2)9-16/h7,10,12-13,16H,4-6,8-9H2,1-3H3/t10-,12-,13+,14+,15+/m0/s1. The summed E-state index contributed by atoms with van der Waals surface area (Å²) in [6.45, 7) is 7.57. The SMILES string of the molecule is C[C@H]1CCCC2=CC[C@H]3[C@H]([C@]3(C)CO)[C@@]21C. The van der Waals surface area contributed by atoms with Crippen molar-refractivity contribution in [2.75, 3.05) is 6.61 Å². The zero-order valence-electron chi connectivity index (χ0n) is 10.8. The zero-order chi connectivity index (χ0) is 11.6. The van der Waals surface area contributed by atoms with Gasteiger partial charge in [0.2, 0.25) is 0 Å². The van der Waals surface area contributed by atoms with Gasteiger partial charge in [-0.05, 0) is 54.3 Å². The van der Waals surface area contributed by atoms with Crippen LogP contribution in [0, 0.1) is 28.6 Å². The van der Waals surface area contributed by atoms with Gasteiger partial charge in [-0.2, -0.15) is 0 Å². The van der Waals surface area contributed by atoms with Crippen molar-refractivity contribution < 1.29 is 5.11 Å². The molecule has 16 heavy (non-hydrogen) atoms. The molecule has 0 aromatic carbocycles. The number of aliphatic hydroxyl groups is 1. The number of fused-ring (bicyclic) bond motifs is 3.